The minimum atomic E-state index is -0.163. The molecule has 1 atom stereocenters. The van der Waals surface area contributed by atoms with Crippen LogP contribution in [0.3, 0.4) is 0 Å². The molecule has 1 aromatic carbocycles. The highest BCUT2D eigenvalue weighted by Crippen LogP contribution is 2.29. The monoisotopic (exact) mass is 469 g/mol. The van der Waals surface area contributed by atoms with Gasteiger partial charge in [-0.25, -0.2) is 9.50 Å². The number of fused-ring (bicyclic) bond motifs is 1. The molecule has 0 aliphatic carbocycles. The van der Waals surface area contributed by atoms with Gasteiger partial charge in [0.2, 0.25) is 0 Å². The highest BCUT2D eigenvalue weighted by Gasteiger charge is 2.23. The number of hydrogen-bond donors (Lipinski definition) is 1. The van der Waals surface area contributed by atoms with Crippen LogP contribution in [0.4, 0.5) is 0 Å². The third-order valence-electron chi connectivity index (χ3n) is 5.96. The van der Waals surface area contributed by atoms with E-state index in [0.717, 1.165) is 43.7 Å². The maximum Gasteiger partial charge on any atom is 0.270 e. The Balaban J connectivity index is 1.91. The van der Waals surface area contributed by atoms with Gasteiger partial charge in [0, 0.05) is 28.1 Å². The van der Waals surface area contributed by atoms with Crippen molar-refractivity contribution in [1.29, 1.82) is 0 Å². The van der Waals surface area contributed by atoms with E-state index in [1.807, 2.05) is 30.3 Å². The summed E-state index contributed by atoms with van der Waals surface area (Å²) < 4.78 is 1.65. The van der Waals surface area contributed by atoms with Gasteiger partial charge in [-0.1, -0.05) is 64.4 Å². The van der Waals surface area contributed by atoms with E-state index in [1.165, 1.54) is 0 Å². The summed E-state index contributed by atoms with van der Waals surface area (Å²) in [5.41, 5.74) is 3.27. The number of hydrogen-bond acceptors (Lipinski definition) is 4. The summed E-state index contributed by atoms with van der Waals surface area (Å²) in [6.07, 6.45) is 1.95. The lowest BCUT2D eigenvalue weighted by Gasteiger charge is -2.20. The largest absolute Gasteiger partial charge is 0.348 e. The summed E-state index contributed by atoms with van der Waals surface area (Å²) in [5, 5.41) is 8.49. The molecule has 178 valence electrons. The number of rotatable bonds is 9. The molecule has 33 heavy (non-hydrogen) atoms. The molecule has 0 fully saturated rings. The normalized spacial score (nSPS) is 13.0. The number of aromatic nitrogens is 3. The third-order valence-corrected chi connectivity index (χ3v) is 6.29. The number of nitrogens with zero attached hydrogens (tertiary/aromatic N) is 4. The SMILES string of the molecule is CCN(CC)CCCC(C)NC(=O)c1cc(-c2ccccc2Cl)nc2cc(C(C)(C)C)nn12. The van der Waals surface area contributed by atoms with Crippen molar-refractivity contribution in [3.63, 3.8) is 0 Å². The standard InChI is InChI=1S/C26H36ClN5O/c1-7-31(8-2)15-11-12-18(3)28-25(33)22-16-21(19-13-9-10-14-20(19)27)29-24-17-23(26(4,5)6)30-32(22)24/h9-10,13-14,16-18H,7-8,11-12,15H2,1-6H3,(H,28,33). The Morgan fingerprint density at radius 1 is 1.18 bits per heavy atom. The van der Waals surface area contributed by atoms with Crippen LogP contribution in [0.25, 0.3) is 16.9 Å². The van der Waals surface area contributed by atoms with Gasteiger partial charge in [-0.15, -0.1) is 0 Å². The molecule has 1 amide bonds. The molecule has 2 heterocycles. The second-order valence-electron chi connectivity index (χ2n) is 9.60. The van der Waals surface area contributed by atoms with E-state index in [-0.39, 0.29) is 17.4 Å². The number of nitrogens with one attached hydrogen (secondary N) is 1. The van der Waals surface area contributed by atoms with E-state index >= 15 is 0 Å². The minimum Gasteiger partial charge on any atom is -0.348 e. The quantitative estimate of drug-likeness (QED) is 0.443. The van der Waals surface area contributed by atoms with Crippen molar-refractivity contribution in [3.05, 3.63) is 52.8 Å². The highest BCUT2D eigenvalue weighted by molar-refractivity contribution is 6.33. The van der Waals surface area contributed by atoms with E-state index in [4.69, 9.17) is 21.7 Å². The summed E-state index contributed by atoms with van der Waals surface area (Å²) in [7, 11) is 0. The molecular formula is C26H36ClN5O. The van der Waals surface area contributed by atoms with Crippen LogP contribution >= 0.6 is 11.6 Å². The smallest absolute Gasteiger partial charge is 0.270 e. The average Bonchev–Trinajstić information content (AvgIpc) is 3.21. The molecule has 3 aromatic rings. The van der Waals surface area contributed by atoms with Gasteiger partial charge in [-0.05, 0) is 51.5 Å². The van der Waals surface area contributed by atoms with E-state index in [9.17, 15) is 4.79 Å². The molecule has 0 aliphatic heterocycles. The fraction of sp³-hybridized carbons (Fsp3) is 0.500. The molecule has 0 spiro atoms. The van der Waals surface area contributed by atoms with Gasteiger partial charge in [0.05, 0.1) is 11.4 Å². The van der Waals surface area contributed by atoms with Gasteiger partial charge in [0.25, 0.3) is 5.91 Å². The predicted molar refractivity (Wildman–Crippen MR) is 136 cm³/mol. The van der Waals surface area contributed by atoms with Gasteiger partial charge in [0.1, 0.15) is 5.69 Å². The zero-order chi connectivity index (χ0) is 24.2. The Labute approximate surface area is 202 Å². The molecule has 0 radical (unpaired) electrons. The van der Waals surface area contributed by atoms with Crippen LogP contribution in [0.2, 0.25) is 5.02 Å². The molecule has 1 N–H and O–H groups in total. The first-order valence-electron chi connectivity index (χ1n) is 11.8. The van der Waals surface area contributed by atoms with Crippen LogP contribution in [-0.2, 0) is 5.41 Å². The topological polar surface area (TPSA) is 62.5 Å². The van der Waals surface area contributed by atoms with Gasteiger partial charge >= 0.3 is 0 Å². The second-order valence-corrected chi connectivity index (χ2v) is 10.0. The number of halogens is 1. The Morgan fingerprint density at radius 3 is 2.52 bits per heavy atom. The first-order chi connectivity index (χ1) is 15.6. The zero-order valence-corrected chi connectivity index (χ0v) is 21.4. The van der Waals surface area contributed by atoms with Crippen molar-refractivity contribution >= 4 is 23.2 Å². The van der Waals surface area contributed by atoms with Gasteiger partial charge in [0.15, 0.2) is 5.65 Å². The number of benzene rings is 1. The third kappa shape index (κ3) is 6.12. The van der Waals surface area contributed by atoms with E-state index in [0.29, 0.717) is 22.1 Å². The number of amides is 1. The Kier molecular flexibility index (Phi) is 8.14. The number of carbonyl (C=O) groups is 1. The van der Waals surface area contributed by atoms with E-state index < -0.39 is 0 Å². The van der Waals surface area contributed by atoms with Gasteiger partial charge < -0.3 is 10.2 Å². The maximum atomic E-state index is 13.4. The first-order valence-corrected chi connectivity index (χ1v) is 12.2. The van der Waals surface area contributed by atoms with Crippen LogP contribution in [0.15, 0.2) is 36.4 Å². The van der Waals surface area contributed by atoms with Crippen LogP contribution < -0.4 is 5.32 Å². The lowest BCUT2D eigenvalue weighted by atomic mass is 9.93. The van der Waals surface area contributed by atoms with Crippen LogP contribution in [0, 0.1) is 0 Å². The average molecular weight is 470 g/mol. The maximum absolute atomic E-state index is 13.4. The molecule has 1 unspecified atom stereocenters. The predicted octanol–water partition coefficient (Wildman–Crippen LogP) is 5.59. The summed E-state index contributed by atoms with van der Waals surface area (Å²) in [5.74, 6) is -0.158. The minimum absolute atomic E-state index is 0.0534. The van der Waals surface area contributed by atoms with Crippen LogP contribution in [0.1, 0.15) is 70.6 Å². The Bertz CT molecular complexity index is 1100. The fourth-order valence-electron chi connectivity index (χ4n) is 3.84. The highest BCUT2D eigenvalue weighted by atomic mass is 35.5. The van der Waals surface area contributed by atoms with Crippen molar-refractivity contribution in [2.24, 2.45) is 0 Å². The molecule has 6 nitrogen and oxygen atoms in total. The summed E-state index contributed by atoms with van der Waals surface area (Å²) in [6.45, 7) is 15.8. The Morgan fingerprint density at radius 2 is 1.88 bits per heavy atom. The molecule has 2 aromatic heterocycles. The van der Waals surface area contributed by atoms with E-state index in [2.05, 4.69) is 51.8 Å². The second kappa shape index (κ2) is 10.7. The van der Waals surface area contributed by atoms with Gasteiger partial charge in [-0.3, -0.25) is 4.79 Å². The summed E-state index contributed by atoms with van der Waals surface area (Å²) >= 11 is 6.44. The zero-order valence-electron chi connectivity index (χ0n) is 20.7. The molecule has 3 rings (SSSR count). The van der Waals surface area contributed by atoms with Crippen molar-refractivity contribution in [1.82, 2.24) is 24.8 Å². The molecule has 0 saturated heterocycles. The van der Waals surface area contributed by atoms with Gasteiger partial charge in [-0.2, -0.15) is 5.10 Å². The number of carbonyl (C=O) groups excluding carboxylic acids is 1. The molecule has 0 saturated carbocycles. The molecule has 7 heteroatoms. The lowest BCUT2D eigenvalue weighted by molar-refractivity contribution is 0.0929. The summed E-state index contributed by atoms with van der Waals surface area (Å²) in [6, 6.07) is 11.3. The van der Waals surface area contributed by atoms with Crippen molar-refractivity contribution < 1.29 is 4.79 Å². The molecule has 0 aliphatic rings. The fourth-order valence-corrected chi connectivity index (χ4v) is 4.07. The Hall–Kier alpha value is -2.44. The van der Waals surface area contributed by atoms with Crippen molar-refractivity contribution in [2.45, 2.75) is 65.8 Å². The van der Waals surface area contributed by atoms with Crippen molar-refractivity contribution in [3.8, 4) is 11.3 Å². The van der Waals surface area contributed by atoms with Crippen LogP contribution in [0.5, 0.6) is 0 Å². The van der Waals surface area contributed by atoms with Crippen molar-refractivity contribution in [2.75, 3.05) is 19.6 Å². The van der Waals surface area contributed by atoms with Crippen LogP contribution in [-0.4, -0.2) is 51.1 Å². The molecule has 0 bridgehead atoms. The van der Waals surface area contributed by atoms with E-state index in [1.54, 1.807) is 10.6 Å². The lowest BCUT2D eigenvalue weighted by Crippen LogP contribution is -2.35. The first kappa shape index (κ1) is 25.2. The summed E-state index contributed by atoms with van der Waals surface area (Å²) in [4.78, 5) is 20.5. The molecular weight excluding hydrogens is 434 g/mol.